The Morgan fingerprint density at radius 2 is 1.68 bits per heavy atom. The summed E-state index contributed by atoms with van der Waals surface area (Å²) in [7, 11) is 2.93. The summed E-state index contributed by atoms with van der Waals surface area (Å²) in [6.07, 6.45) is 2.01. The van der Waals surface area contributed by atoms with Gasteiger partial charge < -0.3 is 19.9 Å². The maximum Gasteiger partial charge on any atom is 0.228 e. The maximum atomic E-state index is 14.2. The summed E-state index contributed by atoms with van der Waals surface area (Å²) in [5, 5.41) is 13.1. The number of carbonyl (C=O) groups excluding carboxylic acids is 1. The molecule has 0 spiro atoms. The lowest BCUT2D eigenvalue weighted by molar-refractivity contribution is -0.115. The summed E-state index contributed by atoms with van der Waals surface area (Å²) < 4.78 is 25.6. The number of hydrogen-bond donors (Lipinski definition) is 2. The molecule has 0 unspecified atom stereocenters. The zero-order chi connectivity index (χ0) is 24.4. The first-order chi connectivity index (χ1) is 16.3. The first kappa shape index (κ1) is 23.6. The van der Waals surface area contributed by atoms with E-state index >= 15 is 0 Å². The van der Waals surface area contributed by atoms with Gasteiger partial charge in [-0.25, -0.2) is 4.39 Å². The van der Waals surface area contributed by atoms with Gasteiger partial charge in [-0.05, 0) is 94.9 Å². The molecule has 1 aliphatic rings. The number of benzene rings is 3. The largest absolute Gasteiger partial charge is 0.502 e. The molecule has 3 aromatic rings. The third-order valence-electron chi connectivity index (χ3n) is 5.73. The van der Waals surface area contributed by atoms with Crippen LogP contribution in [0.2, 0.25) is 0 Å². The van der Waals surface area contributed by atoms with E-state index < -0.39 is 0 Å². The van der Waals surface area contributed by atoms with E-state index in [9.17, 15) is 14.3 Å². The molecule has 5 nitrogen and oxygen atoms in total. The molecular formula is C27H23BrFNO4. The van der Waals surface area contributed by atoms with Crippen LogP contribution in [0.4, 0.5) is 10.1 Å². The van der Waals surface area contributed by atoms with Crippen molar-refractivity contribution >= 4 is 44.7 Å². The third kappa shape index (κ3) is 4.70. The van der Waals surface area contributed by atoms with Crippen molar-refractivity contribution in [3.8, 4) is 17.2 Å². The van der Waals surface area contributed by atoms with Crippen LogP contribution in [0.25, 0.3) is 17.2 Å². The van der Waals surface area contributed by atoms with Gasteiger partial charge in [0.1, 0.15) is 5.82 Å². The van der Waals surface area contributed by atoms with Gasteiger partial charge in [0, 0.05) is 10.2 Å². The van der Waals surface area contributed by atoms with E-state index in [0.29, 0.717) is 11.3 Å². The molecule has 2 N–H and O–H groups in total. The number of hydrogen-bond acceptors (Lipinski definition) is 4. The van der Waals surface area contributed by atoms with Gasteiger partial charge in [-0.3, -0.25) is 4.79 Å². The number of halogens is 2. The second kappa shape index (κ2) is 9.73. The van der Waals surface area contributed by atoms with Crippen LogP contribution >= 0.6 is 15.9 Å². The van der Waals surface area contributed by atoms with E-state index in [1.165, 1.54) is 26.4 Å². The number of fused-ring (bicyclic) bond motifs is 1. The quantitative estimate of drug-likeness (QED) is 0.378. The number of aromatic hydroxyl groups is 1. The molecule has 1 aliphatic carbocycles. The fraction of sp³-hybridized carbons (Fsp3) is 0.148. The number of carbonyl (C=O) groups is 1. The van der Waals surface area contributed by atoms with Crippen LogP contribution < -0.4 is 14.8 Å². The van der Waals surface area contributed by atoms with Crippen LogP contribution in [-0.2, 0) is 4.79 Å². The molecule has 0 bridgehead atoms. The predicted molar refractivity (Wildman–Crippen MR) is 135 cm³/mol. The van der Waals surface area contributed by atoms with Crippen molar-refractivity contribution in [1.82, 2.24) is 0 Å². The Kier molecular flexibility index (Phi) is 6.75. The van der Waals surface area contributed by atoms with Crippen molar-refractivity contribution in [2.45, 2.75) is 13.3 Å². The topological polar surface area (TPSA) is 67.8 Å². The number of anilines is 1. The van der Waals surface area contributed by atoms with Crippen LogP contribution in [0.5, 0.6) is 17.2 Å². The van der Waals surface area contributed by atoms with Crippen molar-refractivity contribution in [3.63, 3.8) is 0 Å². The lowest BCUT2D eigenvalue weighted by Gasteiger charge is -2.11. The second-order valence-corrected chi connectivity index (χ2v) is 8.77. The number of rotatable bonds is 6. The highest BCUT2D eigenvalue weighted by Crippen LogP contribution is 2.45. The highest BCUT2D eigenvalue weighted by Gasteiger charge is 2.26. The second-order valence-electron chi connectivity index (χ2n) is 7.86. The molecule has 0 fully saturated rings. The van der Waals surface area contributed by atoms with Crippen molar-refractivity contribution in [1.29, 1.82) is 0 Å². The number of amides is 1. The summed E-state index contributed by atoms with van der Waals surface area (Å²) >= 11 is 3.38. The van der Waals surface area contributed by atoms with E-state index in [1.54, 1.807) is 18.2 Å². The molecule has 0 saturated carbocycles. The summed E-state index contributed by atoms with van der Waals surface area (Å²) in [6, 6.07) is 15.3. The molecule has 174 valence electrons. The monoisotopic (exact) mass is 523 g/mol. The normalized spacial score (nSPS) is 13.7. The smallest absolute Gasteiger partial charge is 0.228 e. The Labute approximate surface area is 205 Å². The number of allylic oxidation sites excluding steroid dienone is 2. The molecule has 34 heavy (non-hydrogen) atoms. The van der Waals surface area contributed by atoms with Gasteiger partial charge in [-0.15, -0.1) is 0 Å². The molecule has 0 heterocycles. The number of phenols is 1. The molecule has 1 amide bonds. The van der Waals surface area contributed by atoms with Gasteiger partial charge in [0.2, 0.25) is 11.7 Å². The van der Waals surface area contributed by atoms with Crippen LogP contribution in [-0.4, -0.2) is 25.2 Å². The van der Waals surface area contributed by atoms with Gasteiger partial charge in [0.15, 0.2) is 11.5 Å². The fourth-order valence-corrected chi connectivity index (χ4v) is 4.31. The summed E-state index contributed by atoms with van der Waals surface area (Å²) in [5.74, 6) is -0.0928. The van der Waals surface area contributed by atoms with Gasteiger partial charge in [0.25, 0.3) is 0 Å². The van der Waals surface area contributed by atoms with E-state index in [-0.39, 0.29) is 35.4 Å². The first-order valence-corrected chi connectivity index (χ1v) is 11.3. The lowest BCUT2D eigenvalue weighted by atomic mass is 10.00. The lowest BCUT2D eigenvalue weighted by Crippen LogP contribution is -2.12. The molecular weight excluding hydrogens is 501 g/mol. The Morgan fingerprint density at radius 1 is 1.03 bits per heavy atom. The Balaban J connectivity index is 1.73. The summed E-state index contributed by atoms with van der Waals surface area (Å²) in [4.78, 5) is 12.8. The van der Waals surface area contributed by atoms with Crippen LogP contribution in [0.3, 0.4) is 0 Å². The maximum absolute atomic E-state index is 14.2. The Morgan fingerprint density at radius 3 is 2.29 bits per heavy atom. The summed E-state index contributed by atoms with van der Waals surface area (Å²) in [5.41, 5.74) is 5.42. The number of ether oxygens (including phenoxy) is 2. The molecule has 7 heteroatoms. The molecule has 0 aromatic heterocycles. The Hall–Kier alpha value is -3.58. The van der Waals surface area contributed by atoms with Crippen LogP contribution in [0.1, 0.15) is 30.0 Å². The molecule has 3 aromatic carbocycles. The van der Waals surface area contributed by atoms with Gasteiger partial charge >= 0.3 is 0 Å². The fourth-order valence-electron chi connectivity index (χ4n) is 4.04. The minimum atomic E-state index is -0.369. The zero-order valence-electron chi connectivity index (χ0n) is 18.9. The highest BCUT2D eigenvalue weighted by atomic mass is 79.9. The number of phenolic OH excluding ortho intramolecular Hbond substituents is 1. The standard InChI is InChI=1S/C27H23BrFNO4/c1-15-21(10-16-11-24(33-2)27(32)25(12-16)34-3)20-9-6-18(29)13-23(20)22(15)14-26(31)30-19-7-4-17(28)5-8-19/h4-13,32H,14H2,1-3H3,(H,30,31)/b21-10-. The van der Waals surface area contributed by atoms with Crippen LogP contribution in [0, 0.1) is 5.82 Å². The van der Waals surface area contributed by atoms with Crippen LogP contribution in [0.15, 0.2) is 64.6 Å². The van der Waals surface area contributed by atoms with Gasteiger partial charge in [-0.1, -0.05) is 22.0 Å². The van der Waals surface area contributed by atoms with Gasteiger partial charge in [0.05, 0.1) is 20.6 Å². The van der Waals surface area contributed by atoms with Crippen molar-refractivity contribution in [2.24, 2.45) is 0 Å². The predicted octanol–water partition coefficient (Wildman–Crippen LogP) is 6.67. The minimum Gasteiger partial charge on any atom is -0.502 e. The number of methoxy groups -OCH3 is 2. The third-order valence-corrected chi connectivity index (χ3v) is 6.26. The van der Waals surface area contributed by atoms with Gasteiger partial charge in [-0.2, -0.15) is 0 Å². The molecule has 0 radical (unpaired) electrons. The average Bonchev–Trinajstić information content (AvgIpc) is 3.06. The molecule has 0 saturated heterocycles. The molecule has 0 aliphatic heterocycles. The SMILES string of the molecule is COc1cc(/C=C2/C(C)=C(CC(=O)Nc3ccc(Br)cc3)c3cc(F)ccc32)cc(OC)c1O. The highest BCUT2D eigenvalue weighted by molar-refractivity contribution is 9.10. The summed E-state index contributed by atoms with van der Waals surface area (Å²) in [6.45, 7) is 1.92. The molecule has 0 atom stereocenters. The zero-order valence-corrected chi connectivity index (χ0v) is 20.5. The van der Waals surface area contributed by atoms with Crippen molar-refractivity contribution in [3.05, 3.63) is 87.2 Å². The van der Waals surface area contributed by atoms with E-state index in [4.69, 9.17) is 9.47 Å². The van der Waals surface area contributed by atoms with Crippen molar-refractivity contribution < 1.29 is 23.8 Å². The Bertz CT molecular complexity index is 1300. The average molecular weight is 524 g/mol. The van der Waals surface area contributed by atoms with E-state index in [0.717, 1.165) is 32.3 Å². The number of nitrogens with one attached hydrogen (secondary N) is 1. The molecule has 4 rings (SSSR count). The van der Waals surface area contributed by atoms with Crippen molar-refractivity contribution in [2.75, 3.05) is 19.5 Å². The van der Waals surface area contributed by atoms with E-state index in [1.807, 2.05) is 37.3 Å². The van der Waals surface area contributed by atoms with E-state index in [2.05, 4.69) is 21.2 Å². The minimum absolute atomic E-state index is 0.0846. The first-order valence-electron chi connectivity index (χ1n) is 10.5.